The highest BCUT2D eigenvalue weighted by Gasteiger charge is 2.13. The molecule has 144 valence electrons. The lowest BCUT2D eigenvalue weighted by Crippen LogP contribution is -2.06. The highest BCUT2D eigenvalue weighted by atomic mass is 35.5. The third kappa shape index (κ3) is 7.81. The van der Waals surface area contributed by atoms with Crippen LogP contribution in [0.3, 0.4) is 0 Å². The van der Waals surface area contributed by atoms with Crippen molar-refractivity contribution >= 4 is 25.6 Å². The lowest BCUT2D eigenvalue weighted by atomic mass is 10.1. The van der Waals surface area contributed by atoms with Crippen LogP contribution in [0.25, 0.3) is 0 Å². The summed E-state index contributed by atoms with van der Waals surface area (Å²) in [6, 6.07) is 18.0. The first kappa shape index (κ1) is 23.2. The van der Waals surface area contributed by atoms with Crippen molar-refractivity contribution in [2.24, 2.45) is 0 Å². The molecule has 0 bridgehead atoms. The normalized spacial score (nSPS) is 11.8. The molecule has 0 nitrogen and oxygen atoms in total. The van der Waals surface area contributed by atoms with Crippen molar-refractivity contribution in [1.82, 2.24) is 0 Å². The van der Waals surface area contributed by atoms with E-state index in [0.29, 0.717) is 0 Å². The van der Waals surface area contributed by atoms with Gasteiger partial charge in [0, 0.05) is 0 Å². The molecule has 0 aliphatic carbocycles. The molecule has 0 heterocycles. The summed E-state index contributed by atoms with van der Waals surface area (Å²) < 4.78 is 0. The maximum absolute atomic E-state index is 2.35. The standard InChI is InChI=1S/C24H35P.ClH/c1-4-5-6-7-8-9-13-19-25(24-17-11-10-12-18-24)20-23-16-14-15-21(2)22(23)3;/h10-12,14-18H,4-9,13,19-20H2,1-3H3;1H. The van der Waals surface area contributed by atoms with E-state index in [1.54, 1.807) is 10.9 Å². The van der Waals surface area contributed by atoms with Gasteiger partial charge in [-0.3, -0.25) is 0 Å². The van der Waals surface area contributed by atoms with E-state index < -0.39 is 0 Å². The Balaban J connectivity index is 0.00000338. The van der Waals surface area contributed by atoms with E-state index in [2.05, 4.69) is 69.3 Å². The summed E-state index contributed by atoms with van der Waals surface area (Å²) in [5.74, 6) is 0. The van der Waals surface area contributed by atoms with Gasteiger partial charge < -0.3 is 0 Å². The maximum Gasteiger partial charge on any atom is -0.00301 e. The molecule has 2 heteroatoms. The molecule has 0 spiro atoms. The van der Waals surface area contributed by atoms with Crippen LogP contribution in [0.1, 0.15) is 68.6 Å². The van der Waals surface area contributed by atoms with E-state index in [0.717, 1.165) is 0 Å². The molecule has 2 aromatic rings. The summed E-state index contributed by atoms with van der Waals surface area (Å²) in [7, 11) is -0.0882. The van der Waals surface area contributed by atoms with Gasteiger partial charge in [-0.15, -0.1) is 12.4 Å². The van der Waals surface area contributed by atoms with Crippen LogP contribution in [0, 0.1) is 13.8 Å². The van der Waals surface area contributed by atoms with Crippen molar-refractivity contribution in [3.63, 3.8) is 0 Å². The molecule has 0 radical (unpaired) electrons. The smallest absolute Gasteiger partial charge is 0.00301 e. The molecule has 2 aromatic carbocycles. The maximum atomic E-state index is 2.35. The van der Waals surface area contributed by atoms with E-state index >= 15 is 0 Å². The van der Waals surface area contributed by atoms with Crippen molar-refractivity contribution in [3.05, 3.63) is 65.2 Å². The summed E-state index contributed by atoms with van der Waals surface area (Å²) in [6.45, 7) is 6.82. The number of halogens is 1. The first-order valence-corrected chi connectivity index (χ1v) is 11.8. The van der Waals surface area contributed by atoms with Gasteiger partial charge in [-0.05, 0) is 54.6 Å². The van der Waals surface area contributed by atoms with Crippen LogP contribution >= 0.6 is 20.3 Å². The molecule has 1 atom stereocenters. The lowest BCUT2D eigenvalue weighted by Gasteiger charge is -2.20. The highest BCUT2D eigenvalue weighted by molar-refractivity contribution is 7.64. The number of hydrogen-bond donors (Lipinski definition) is 0. The van der Waals surface area contributed by atoms with E-state index in [4.69, 9.17) is 0 Å². The second kappa shape index (κ2) is 13.3. The molecule has 0 saturated heterocycles. The second-order valence-corrected chi connectivity index (χ2v) is 9.60. The number of hydrogen-bond acceptors (Lipinski definition) is 0. The number of unbranched alkanes of at least 4 members (excludes halogenated alkanes) is 6. The van der Waals surface area contributed by atoms with Gasteiger partial charge in [0.1, 0.15) is 0 Å². The van der Waals surface area contributed by atoms with Crippen LogP contribution in [-0.4, -0.2) is 6.16 Å². The van der Waals surface area contributed by atoms with Crippen LogP contribution in [0.2, 0.25) is 0 Å². The Kier molecular flexibility index (Phi) is 11.9. The Bertz CT molecular complexity index is 609. The molecule has 2 rings (SSSR count). The number of aryl methyl sites for hydroxylation is 1. The quantitative estimate of drug-likeness (QED) is 0.271. The molecule has 0 aliphatic rings. The molecule has 0 fully saturated rings. The van der Waals surface area contributed by atoms with Gasteiger partial charge in [0.2, 0.25) is 0 Å². The Hall–Kier alpha value is -0.840. The molecule has 0 aromatic heterocycles. The lowest BCUT2D eigenvalue weighted by molar-refractivity contribution is 0.603. The van der Waals surface area contributed by atoms with Gasteiger partial charge in [0.15, 0.2) is 0 Å². The zero-order valence-electron chi connectivity index (χ0n) is 16.8. The minimum atomic E-state index is -0.0882. The molecule has 0 aliphatic heterocycles. The van der Waals surface area contributed by atoms with Gasteiger partial charge in [-0.25, -0.2) is 0 Å². The molecule has 0 saturated carbocycles. The first-order valence-electron chi connectivity index (χ1n) is 10.1. The Morgan fingerprint density at radius 2 is 1.38 bits per heavy atom. The molecule has 0 N–H and O–H groups in total. The fourth-order valence-electron chi connectivity index (χ4n) is 3.39. The number of rotatable bonds is 11. The predicted molar refractivity (Wildman–Crippen MR) is 123 cm³/mol. The van der Waals surface area contributed by atoms with Gasteiger partial charge in [0.05, 0.1) is 0 Å². The molecule has 1 unspecified atom stereocenters. The molecule has 0 amide bonds. The SMILES string of the molecule is CCCCCCCCCP(Cc1cccc(C)c1C)c1ccccc1.Cl. The summed E-state index contributed by atoms with van der Waals surface area (Å²) in [5.41, 5.74) is 4.47. The van der Waals surface area contributed by atoms with Crippen molar-refractivity contribution in [2.45, 2.75) is 71.9 Å². The van der Waals surface area contributed by atoms with Crippen LogP contribution in [0.15, 0.2) is 48.5 Å². The number of benzene rings is 2. The minimum absolute atomic E-state index is 0. The average Bonchev–Trinajstić information content (AvgIpc) is 2.64. The summed E-state index contributed by atoms with van der Waals surface area (Å²) in [6.07, 6.45) is 12.4. The van der Waals surface area contributed by atoms with E-state index in [-0.39, 0.29) is 20.3 Å². The molecular weight excluding hydrogens is 355 g/mol. The van der Waals surface area contributed by atoms with Gasteiger partial charge in [0.25, 0.3) is 0 Å². The zero-order chi connectivity index (χ0) is 17.9. The van der Waals surface area contributed by atoms with E-state index in [1.807, 2.05) is 0 Å². The molecular formula is C24H36ClP. The van der Waals surface area contributed by atoms with E-state index in [9.17, 15) is 0 Å². The van der Waals surface area contributed by atoms with Crippen molar-refractivity contribution in [1.29, 1.82) is 0 Å². The third-order valence-electron chi connectivity index (χ3n) is 5.23. The fraction of sp³-hybridized carbons (Fsp3) is 0.500. The summed E-state index contributed by atoms with van der Waals surface area (Å²) >= 11 is 0. The largest absolute Gasteiger partial charge is 0.147 e. The van der Waals surface area contributed by atoms with Gasteiger partial charge in [-0.1, -0.05) is 102 Å². The minimum Gasteiger partial charge on any atom is -0.147 e. The Labute approximate surface area is 169 Å². The van der Waals surface area contributed by atoms with Crippen LogP contribution in [0.4, 0.5) is 0 Å². The fourth-order valence-corrected chi connectivity index (χ4v) is 5.94. The third-order valence-corrected chi connectivity index (χ3v) is 7.84. The Morgan fingerprint density at radius 1 is 0.731 bits per heavy atom. The average molecular weight is 391 g/mol. The Morgan fingerprint density at radius 3 is 2.08 bits per heavy atom. The van der Waals surface area contributed by atoms with Crippen LogP contribution < -0.4 is 5.30 Å². The molecule has 26 heavy (non-hydrogen) atoms. The van der Waals surface area contributed by atoms with Crippen LogP contribution in [-0.2, 0) is 6.16 Å². The predicted octanol–water partition coefficient (Wildman–Crippen LogP) is 7.78. The topological polar surface area (TPSA) is 0 Å². The van der Waals surface area contributed by atoms with Crippen molar-refractivity contribution in [2.75, 3.05) is 6.16 Å². The van der Waals surface area contributed by atoms with Crippen LogP contribution in [0.5, 0.6) is 0 Å². The van der Waals surface area contributed by atoms with E-state index in [1.165, 1.54) is 68.4 Å². The monoisotopic (exact) mass is 390 g/mol. The van der Waals surface area contributed by atoms with Gasteiger partial charge in [-0.2, -0.15) is 0 Å². The summed E-state index contributed by atoms with van der Waals surface area (Å²) in [4.78, 5) is 0. The summed E-state index contributed by atoms with van der Waals surface area (Å²) in [5, 5.41) is 1.57. The first-order chi connectivity index (χ1) is 12.2. The van der Waals surface area contributed by atoms with Crippen molar-refractivity contribution in [3.8, 4) is 0 Å². The second-order valence-electron chi connectivity index (χ2n) is 7.24. The zero-order valence-corrected chi connectivity index (χ0v) is 18.5. The van der Waals surface area contributed by atoms with Gasteiger partial charge >= 0.3 is 0 Å². The highest BCUT2D eigenvalue weighted by Crippen LogP contribution is 2.40. The van der Waals surface area contributed by atoms with Crippen molar-refractivity contribution < 1.29 is 0 Å².